The third-order valence-electron chi connectivity index (χ3n) is 4.61. The first kappa shape index (κ1) is 21.4. The van der Waals surface area contributed by atoms with E-state index in [4.69, 9.17) is 23.2 Å². The van der Waals surface area contributed by atoms with E-state index in [0.29, 0.717) is 38.4 Å². The molecule has 7 nitrogen and oxygen atoms in total. The number of fused-ring (bicyclic) bond motifs is 3. The largest absolute Gasteiger partial charge is 0.351 e. The second kappa shape index (κ2) is 9.13. The molecule has 0 aliphatic carbocycles. The molecular formula is C21H17Cl2N5O2S. The van der Waals surface area contributed by atoms with Gasteiger partial charge in [-0.15, -0.1) is 16.8 Å². The van der Waals surface area contributed by atoms with Crippen molar-refractivity contribution in [1.82, 2.24) is 24.5 Å². The predicted octanol–water partition coefficient (Wildman–Crippen LogP) is 3.95. The monoisotopic (exact) mass is 473 g/mol. The summed E-state index contributed by atoms with van der Waals surface area (Å²) in [5.41, 5.74) is 1.30. The Morgan fingerprint density at radius 1 is 1.19 bits per heavy atom. The quantitative estimate of drug-likeness (QED) is 0.324. The second-order valence-electron chi connectivity index (χ2n) is 6.64. The van der Waals surface area contributed by atoms with Crippen LogP contribution in [0, 0.1) is 0 Å². The third kappa shape index (κ3) is 4.32. The molecule has 0 saturated carbocycles. The number of hydrogen-bond acceptors (Lipinski definition) is 5. The number of amides is 1. The van der Waals surface area contributed by atoms with Gasteiger partial charge in [-0.05, 0) is 29.8 Å². The summed E-state index contributed by atoms with van der Waals surface area (Å²) in [6.07, 6.45) is 1.63. The van der Waals surface area contributed by atoms with Crippen molar-refractivity contribution in [3.63, 3.8) is 0 Å². The fraction of sp³-hybridized carbons (Fsp3) is 0.143. The number of carbonyl (C=O) groups is 1. The zero-order valence-electron chi connectivity index (χ0n) is 16.2. The summed E-state index contributed by atoms with van der Waals surface area (Å²) in [5, 5.41) is 13.3. The van der Waals surface area contributed by atoms with E-state index >= 15 is 0 Å². The van der Waals surface area contributed by atoms with Gasteiger partial charge in [0.25, 0.3) is 5.56 Å². The Bertz CT molecular complexity index is 1370. The summed E-state index contributed by atoms with van der Waals surface area (Å²) in [5.74, 6) is 0.344. The number of nitrogens with one attached hydrogen (secondary N) is 1. The molecule has 4 rings (SSSR count). The zero-order valence-corrected chi connectivity index (χ0v) is 18.5. The number of hydrogen-bond donors (Lipinski definition) is 1. The highest BCUT2D eigenvalue weighted by molar-refractivity contribution is 7.99. The van der Waals surface area contributed by atoms with Crippen LogP contribution in [0.3, 0.4) is 0 Å². The number of aromatic nitrogens is 4. The maximum absolute atomic E-state index is 12.8. The molecule has 31 heavy (non-hydrogen) atoms. The first-order chi connectivity index (χ1) is 15.0. The maximum Gasteiger partial charge on any atom is 0.263 e. The predicted molar refractivity (Wildman–Crippen MR) is 124 cm³/mol. The molecule has 0 saturated heterocycles. The average Bonchev–Trinajstić information content (AvgIpc) is 3.18. The lowest BCUT2D eigenvalue weighted by Gasteiger charge is -2.10. The number of carbonyl (C=O) groups excluding carboxylic acids is 1. The van der Waals surface area contributed by atoms with Gasteiger partial charge in [0, 0.05) is 23.1 Å². The van der Waals surface area contributed by atoms with Crippen molar-refractivity contribution < 1.29 is 4.79 Å². The number of allylic oxidation sites excluding steroid dienone is 1. The van der Waals surface area contributed by atoms with Crippen LogP contribution < -0.4 is 10.9 Å². The molecule has 0 spiro atoms. The molecule has 0 radical (unpaired) electrons. The van der Waals surface area contributed by atoms with E-state index in [2.05, 4.69) is 22.1 Å². The highest BCUT2D eigenvalue weighted by Gasteiger charge is 2.17. The zero-order chi connectivity index (χ0) is 22.0. The highest BCUT2D eigenvalue weighted by Crippen LogP contribution is 2.22. The molecule has 0 unspecified atom stereocenters. The molecule has 0 fully saturated rings. The molecule has 1 N–H and O–H groups in total. The number of halogens is 2. The molecule has 1 amide bonds. The highest BCUT2D eigenvalue weighted by atomic mass is 35.5. The molecule has 0 aliphatic rings. The van der Waals surface area contributed by atoms with Crippen molar-refractivity contribution in [2.75, 3.05) is 5.75 Å². The Hall–Kier alpha value is -2.81. The Morgan fingerprint density at radius 2 is 2.00 bits per heavy atom. The van der Waals surface area contributed by atoms with E-state index in [1.807, 2.05) is 12.1 Å². The molecular weight excluding hydrogens is 457 g/mol. The molecule has 2 heterocycles. The van der Waals surface area contributed by atoms with E-state index < -0.39 is 0 Å². The van der Waals surface area contributed by atoms with Crippen molar-refractivity contribution in [3.05, 3.63) is 81.1 Å². The van der Waals surface area contributed by atoms with Gasteiger partial charge >= 0.3 is 0 Å². The lowest BCUT2D eigenvalue weighted by molar-refractivity contribution is -0.118. The molecule has 2 aromatic heterocycles. The number of rotatable bonds is 7. The van der Waals surface area contributed by atoms with Crippen LogP contribution in [-0.4, -0.2) is 30.8 Å². The molecule has 10 heteroatoms. The maximum atomic E-state index is 12.8. The normalized spacial score (nSPS) is 11.2. The van der Waals surface area contributed by atoms with Gasteiger partial charge in [-0.2, -0.15) is 0 Å². The summed E-state index contributed by atoms with van der Waals surface area (Å²) < 4.78 is 3.29. The Balaban J connectivity index is 1.57. The summed E-state index contributed by atoms with van der Waals surface area (Å²) in [6.45, 7) is 4.31. The second-order valence-corrected chi connectivity index (χ2v) is 8.43. The smallest absolute Gasteiger partial charge is 0.263 e. The lowest BCUT2D eigenvalue weighted by atomic mass is 10.2. The van der Waals surface area contributed by atoms with Gasteiger partial charge in [0.05, 0.1) is 16.7 Å². The van der Waals surface area contributed by atoms with E-state index in [1.54, 1.807) is 40.8 Å². The van der Waals surface area contributed by atoms with E-state index in [9.17, 15) is 9.59 Å². The van der Waals surface area contributed by atoms with Crippen LogP contribution in [0.1, 0.15) is 5.56 Å². The molecule has 4 aromatic rings. The molecule has 0 atom stereocenters. The van der Waals surface area contributed by atoms with Crippen molar-refractivity contribution in [2.24, 2.45) is 0 Å². The molecule has 158 valence electrons. The lowest BCUT2D eigenvalue weighted by Crippen LogP contribution is -2.25. The summed E-state index contributed by atoms with van der Waals surface area (Å²) in [7, 11) is 0. The first-order valence-electron chi connectivity index (χ1n) is 9.30. The molecule has 0 aliphatic heterocycles. The third-order valence-corrected chi connectivity index (χ3v) is 6.13. The standard InChI is InChI=1S/C21H17Cl2N5O2S/c1-2-9-27-19(30)15-5-3-4-6-17(15)28-20(27)25-26-21(28)31-12-18(29)24-11-13-7-8-14(22)10-16(13)23/h2-8,10H,1,9,11-12H2,(H,24,29). The Labute approximate surface area is 191 Å². The minimum absolute atomic E-state index is 0.126. The van der Waals surface area contributed by atoms with Crippen molar-refractivity contribution in [3.8, 4) is 0 Å². The van der Waals surface area contributed by atoms with Crippen LogP contribution in [0.25, 0.3) is 16.7 Å². The number of thioether (sulfide) groups is 1. The van der Waals surface area contributed by atoms with Crippen molar-refractivity contribution in [1.29, 1.82) is 0 Å². The number of para-hydroxylation sites is 1. The SMILES string of the molecule is C=CCn1c(=O)c2ccccc2n2c(SCC(=O)NCc3ccc(Cl)cc3Cl)nnc12. The van der Waals surface area contributed by atoms with Gasteiger partial charge in [-0.25, -0.2) is 0 Å². The van der Waals surface area contributed by atoms with Crippen LogP contribution in [0.15, 0.2) is 65.1 Å². The topological polar surface area (TPSA) is 81.3 Å². The minimum atomic E-state index is -0.184. The average molecular weight is 474 g/mol. The van der Waals surface area contributed by atoms with Gasteiger partial charge in [-0.1, -0.05) is 59.2 Å². The first-order valence-corrected chi connectivity index (χ1v) is 11.0. The van der Waals surface area contributed by atoms with E-state index in [0.717, 1.165) is 5.56 Å². The van der Waals surface area contributed by atoms with Crippen molar-refractivity contribution >= 4 is 57.6 Å². The van der Waals surface area contributed by atoms with Crippen LogP contribution >= 0.6 is 35.0 Å². The van der Waals surface area contributed by atoms with Gasteiger partial charge < -0.3 is 5.32 Å². The number of benzene rings is 2. The van der Waals surface area contributed by atoms with E-state index in [1.165, 1.54) is 16.3 Å². The fourth-order valence-electron chi connectivity index (χ4n) is 3.16. The molecule has 0 bridgehead atoms. The van der Waals surface area contributed by atoms with Gasteiger partial charge in [0.2, 0.25) is 11.7 Å². The van der Waals surface area contributed by atoms with Crippen LogP contribution in [0.4, 0.5) is 0 Å². The van der Waals surface area contributed by atoms with Gasteiger partial charge in [-0.3, -0.25) is 18.6 Å². The van der Waals surface area contributed by atoms with Crippen molar-refractivity contribution in [2.45, 2.75) is 18.2 Å². The van der Waals surface area contributed by atoms with Gasteiger partial charge in [0.1, 0.15) is 0 Å². The van der Waals surface area contributed by atoms with E-state index in [-0.39, 0.29) is 23.8 Å². The minimum Gasteiger partial charge on any atom is -0.351 e. The summed E-state index contributed by atoms with van der Waals surface area (Å²) in [6, 6.07) is 12.4. The summed E-state index contributed by atoms with van der Waals surface area (Å²) >= 11 is 13.3. The Morgan fingerprint density at radius 3 is 2.77 bits per heavy atom. The summed E-state index contributed by atoms with van der Waals surface area (Å²) in [4.78, 5) is 25.2. The van der Waals surface area contributed by atoms with Crippen LogP contribution in [-0.2, 0) is 17.9 Å². The Kier molecular flexibility index (Phi) is 6.31. The molecule has 2 aromatic carbocycles. The number of nitrogens with zero attached hydrogens (tertiary/aromatic N) is 4. The fourth-order valence-corrected chi connectivity index (χ4v) is 4.41. The van der Waals surface area contributed by atoms with Gasteiger partial charge in [0.15, 0.2) is 5.16 Å². The van der Waals surface area contributed by atoms with Crippen LogP contribution in [0.2, 0.25) is 10.0 Å². The van der Waals surface area contributed by atoms with Crippen LogP contribution in [0.5, 0.6) is 0 Å².